The Labute approximate surface area is 94.4 Å². The molecular weight excluding hydrogens is 221 g/mol. The van der Waals surface area contributed by atoms with E-state index in [1.54, 1.807) is 4.68 Å². The van der Waals surface area contributed by atoms with Crippen molar-refractivity contribution in [1.29, 1.82) is 0 Å². The molecule has 0 spiro atoms. The fraction of sp³-hybridized carbons (Fsp3) is 0.667. The summed E-state index contributed by atoms with van der Waals surface area (Å²) in [6.45, 7) is 5.32. The number of aromatic nitrogens is 2. The molecule has 0 amide bonds. The lowest BCUT2D eigenvalue weighted by Gasteiger charge is -2.06. The molecule has 1 N–H and O–H groups in total. The lowest BCUT2D eigenvalue weighted by atomic mass is 10.3. The summed E-state index contributed by atoms with van der Waals surface area (Å²) in [6, 6.07) is 0. The van der Waals surface area contributed by atoms with Crippen molar-refractivity contribution in [2.24, 2.45) is 7.05 Å². The van der Waals surface area contributed by atoms with Crippen LogP contribution in [0.1, 0.15) is 18.3 Å². The molecule has 0 saturated heterocycles. The van der Waals surface area contributed by atoms with E-state index in [-0.39, 0.29) is 5.38 Å². The maximum Gasteiger partial charge on any atom is 0.0860 e. The SMILES string of the molecule is Cc1nn(C)c(CNCC(C)Cl)c1Cl. The zero-order valence-electron chi connectivity index (χ0n) is 8.64. The van der Waals surface area contributed by atoms with Crippen molar-refractivity contribution in [1.82, 2.24) is 15.1 Å². The van der Waals surface area contributed by atoms with Crippen LogP contribution in [-0.2, 0) is 13.6 Å². The first-order valence-electron chi connectivity index (χ1n) is 4.55. The first-order valence-corrected chi connectivity index (χ1v) is 5.36. The van der Waals surface area contributed by atoms with Crippen LogP contribution in [-0.4, -0.2) is 21.7 Å². The van der Waals surface area contributed by atoms with Gasteiger partial charge in [-0.05, 0) is 13.8 Å². The van der Waals surface area contributed by atoms with Crippen molar-refractivity contribution in [2.75, 3.05) is 6.54 Å². The Balaban J connectivity index is 2.58. The predicted molar refractivity (Wildman–Crippen MR) is 60.0 cm³/mol. The number of halogens is 2. The predicted octanol–water partition coefficient (Wildman–Crippen LogP) is 2.10. The summed E-state index contributed by atoms with van der Waals surface area (Å²) >= 11 is 11.9. The lowest BCUT2D eigenvalue weighted by Crippen LogP contribution is -2.22. The van der Waals surface area contributed by atoms with Crippen LogP contribution in [0.3, 0.4) is 0 Å². The second-order valence-corrected chi connectivity index (χ2v) is 4.50. The Hall–Kier alpha value is -0.250. The number of nitrogens with zero attached hydrogens (tertiary/aromatic N) is 2. The molecule has 1 aromatic rings. The largest absolute Gasteiger partial charge is 0.310 e. The van der Waals surface area contributed by atoms with Gasteiger partial charge in [0.15, 0.2) is 0 Å². The Morgan fingerprint density at radius 2 is 2.21 bits per heavy atom. The standard InChI is InChI=1S/C9H15Cl2N3/c1-6(10)4-12-5-8-9(11)7(2)13-14(8)3/h6,12H,4-5H2,1-3H3. The Kier molecular flexibility index (Phi) is 4.23. The second-order valence-electron chi connectivity index (χ2n) is 3.38. The van der Waals surface area contributed by atoms with E-state index in [1.165, 1.54) is 0 Å². The molecule has 0 radical (unpaired) electrons. The van der Waals surface area contributed by atoms with Gasteiger partial charge in [-0.1, -0.05) is 11.6 Å². The molecule has 1 unspecified atom stereocenters. The zero-order chi connectivity index (χ0) is 10.7. The third-order valence-corrected chi connectivity index (χ3v) is 2.63. The number of hydrogen-bond donors (Lipinski definition) is 1. The van der Waals surface area contributed by atoms with Gasteiger partial charge in [-0.15, -0.1) is 11.6 Å². The van der Waals surface area contributed by atoms with Gasteiger partial charge in [0, 0.05) is 25.5 Å². The average Bonchev–Trinajstić information content (AvgIpc) is 2.31. The number of hydrogen-bond acceptors (Lipinski definition) is 2. The average molecular weight is 236 g/mol. The van der Waals surface area contributed by atoms with Crippen molar-refractivity contribution < 1.29 is 0 Å². The molecule has 0 bridgehead atoms. The first kappa shape index (κ1) is 11.8. The monoisotopic (exact) mass is 235 g/mol. The van der Waals surface area contributed by atoms with E-state index < -0.39 is 0 Å². The number of aryl methyl sites for hydroxylation is 2. The quantitative estimate of drug-likeness (QED) is 0.811. The van der Waals surface area contributed by atoms with Gasteiger partial charge >= 0.3 is 0 Å². The van der Waals surface area contributed by atoms with Crippen molar-refractivity contribution in [3.05, 3.63) is 16.4 Å². The number of alkyl halides is 1. The normalized spacial score (nSPS) is 13.2. The highest BCUT2D eigenvalue weighted by Gasteiger charge is 2.10. The molecule has 1 rings (SSSR count). The van der Waals surface area contributed by atoms with Crippen molar-refractivity contribution >= 4 is 23.2 Å². The van der Waals surface area contributed by atoms with Crippen molar-refractivity contribution in [2.45, 2.75) is 25.8 Å². The summed E-state index contributed by atoms with van der Waals surface area (Å²) in [6.07, 6.45) is 0. The third-order valence-electron chi connectivity index (χ3n) is 1.98. The Bertz CT molecular complexity index is 307. The molecular formula is C9H15Cl2N3. The van der Waals surface area contributed by atoms with Crippen LogP contribution in [0.25, 0.3) is 0 Å². The molecule has 1 aromatic heterocycles. The number of rotatable bonds is 4. The van der Waals surface area contributed by atoms with E-state index in [2.05, 4.69) is 10.4 Å². The summed E-state index contributed by atoms with van der Waals surface area (Å²) < 4.78 is 1.80. The first-order chi connectivity index (χ1) is 6.52. The van der Waals surface area contributed by atoms with E-state index >= 15 is 0 Å². The van der Waals surface area contributed by atoms with Crippen LogP contribution >= 0.6 is 23.2 Å². The van der Waals surface area contributed by atoms with E-state index in [1.807, 2.05) is 20.9 Å². The van der Waals surface area contributed by atoms with Crippen LogP contribution in [0, 0.1) is 6.92 Å². The second kappa shape index (κ2) is 5.01. The van der Waals surface area contributed by atoms with Crippen LogP contribution in [0.5, 0.6) is 0 Å². The van der Waals surface area contributed by atoms with Crippen LogP contribution in [0.2, 0.25) is 5.02 Å². The van der Waals surface area contributed by atoms with E-state index in [0.29, 0.717) is 6.54 Å². The van der Waals surface area contributed by atoms with Gasteiger partial charge in [-0.25, -0.2) is 0 Å². The molecule has 1 heterocycles. The zero-order valence-corrected chi connectivity index (χ0v) is 10.2. The maximum absolute atomic E-state index is 6.07. The van der Waals surface area contributed by atoms with E-state index in [9.17, 15) is 0 Å². The smallest absolute Gasteiger partial charge is 0.0860 e. The molecule has 1 atom stereocenters. The topological polar surface area (TPSA) is 29.9 Å². The van der Waals surface area contributed by atoms with E-state index in [4.69, 9.17) is 23.2 Å². The minimum absolute atomic E-state index is 0.128. The summed E-state index contributed by atoms with van der Waals surface area (Å²) in [7, 11) is 1.89. The molecule has 0 aromatic carbocycles. The van der Waals surface area contributed by atoms with Crippen LogP contribution < -0.4 is 5.32 Å². The van der Waals surface area contributed by atoms with Gasteiger partial charge in [0.25, 0.3) is 0 Å². The summed E-state index contributed by atoms with van der Waals surface area (Å²) in [5, 5.41) is 8.31. The van der Waals surface area contributed by atoms with Gasteiger partial charge in [0.1, 0.15) is 0 Å². The van der Waals surface area contributed by atoms with Gasteiger partial charge < -0.3 is 5.32 Å². The molecule has 3 nitrogen and oxygen atoms in total. The fourth-order valence-electron chi connectivity index (χ4n) is 1.26. The van der Waals surface area contributed by atoms with E-state index in [0.717, 1.165) is 23.0 Å². The Morgan fingerprint density at radius 1 is 1.57 bits per heavy atom. The fourth-order valence-corrected chi connectivity index (χ4v) is 1.60. The van der Waals surface area contributed by atoms with Gasteiger partial charge in [0.2, 0.25) is 0 Å². The summed E-state index contributed by atoms with van der Waals surface area (Å²) in [4.78, 5) is 0. The molecule has 0 aliphatic carbocycles. The van der Waals surface area contributed by atoms with Gasteiger partial charge in [-0.2, -0.15) is 5.10 Å². The van der Waals surface area contributed by atoms with Crippen molar-refractivity contribution in [3.8, 4) is 0 Å². The lowest BCUT2D eigenvalue weighted by molar-refractivity contribution is 0.621. The number of nitrogens with one attached hydrogen (secondary N) is 1. The molecule has 80 valence electrons. The molecule has 0 aliphatic rings. The highest BCUT2D eigenvalue weighted by molar-refractivity contribution is 6.31. The summed E-state index contributed by atoms with van der Waals surface area (Å²) in [5.74, 6) is 0. The Morgan fingerprint density at radius 3 is 2.64 bits per heavy atom. The molecule has 0 fully saturated rings. The van der Waals surface area contributed by atoms with Gasteiger partial charge in [0.05, 0.1) is 16.4 Å². The summed E-state index contributed by atoms with van der Waals surface area (Å²) in [5.41, 5.74) is 1.87. The van der Waals surface area contributed by atoms with Crippen LogP contribution in [0.4, 0.5) is 0 Å². The molecule has 14 heavy (non-hydrogen) atoms. The highest BCUT2D eigenvalue weighted by atomic mass is 35.5. The maximum atomic E-state index is 6.07. The third kappa shape index (κ3) is 2.87. The molecule has 5 heteroatoms. The minimum atomic E-state index is 0.128. The molecule has 0 aliphatic heterocycles. The molecule has 0 saturated carbocycles. The van der Waals surface area contributed by atoms with Gasteiger partial charge in [-0.3, -0.25) is 4.68 Å². The minimum Gasteiger partial charge on any atom is -0.310 e. The van der Waals surface area contributed by atoms with Crippen LogP contribution in [0.15, 0.2) is 0 Å². The highest BCUT2D eigenvalue weighted by Crippen LogP contribution is 2.18. The van der Waals surface area contributed by atoms with Crippen molar-refractivity contribution in [3.63, 3.8) is 0 Å².